The Morgan fingerprint density at radius 2 is 1.45 bits per heavy atom. The highest BCUT2D eigenvalue weighted by atomic mass is 32.2. The first-order valence-corrected chi connectivity index (χ1v) is 15.5. The van der Waals surface area contributed by atoms with Gasteiger partial charge in [0.15, 0.2) is 6.10 Å². The smallest absolute Gasteiger partial charge is 0.267 e. The van der Waals surface area contributed by atoms with Crippen LogP contribution in [0.2, 0.25) is 0 Å². The zero-order valence-corrected chi connectivity index (χ0v) is 23.2. The Hall–Kier alpha value is -4.35. The maximum atomic E-state index is 13.4. The van der Waals surface area contributed by atoms with Gasteiger partial charge in [-0.25, -0.2) is 16.8 Å². The summed E-state index contributed by atoms with van der Waals surface area (Å²) in [4.78, 5) is 13.2. The number of ether oxygens (including phenoxy) is 1. The zero-order valence-electron chi connectivity index (χ0n) is 21.5. The quantitative estimate of drug-likeness (QED) is 0.317. The Kier molecular flexibility index (Phi) is 7.51. The topological polar surface area (TPSA) is 122 Å². The number of carbonyl (C=O) groups is 1. The summed E-state index contributed by atoms with van der Waals surface area (Å²) in [5, 5.41) is 2.70. The second kappa shape index (κ2) is 11.0. The molecule has 206 valence electrons. The van der Waals surface area contributed by atoms with Crippen molar-refractivity contribution in [2.45, 2.75) is 23.7 Å². The first-order chi connectivity index (χ1) is 19.1. The average molecular weight is 578 g/mol. The summed E-state index contributed by atoms with van der Waals surface area (Å²) < 4.78 is 61.9. The molecule has 1 heterocycles. The van der Waals surface area contributed by atoms with Gasteiger partial charge in [0.1, 0.15) is 5.75 Å². The van der Waals surface area contributed by atoms with Crippen LogP contribution >= 0.6 is 0 Å². The van der Waals surface area contributed by atoms with E-state index in [1.165, 1.54) is 28.6 Å². The molecular formula is C29H27N3O6S2. The van der Waals surface area contributed by atoms with Crippen LogP contribution in [0.5, 0.6) is 5.75 Å². The number of rotatable bonds is 8. The van der Waals surface area contributed by atoms with E-state index >= 15 is 0 Å². The van der Waals surface area contributed by atoms with Gasteiger partial charge in [0.25, 0.3) is 15.9 Å². The van der Waals surface area contributed by atoms with Crippen LogP contribution in [0.25, 0.3) is 0 Å². The minimum atomic E-state index is -3.84. The molecule has 5 rings (SSSR count). The van der Waals surface area contributed by atoms with Crippen LogP contribution in [0, 0.1) is 6.92 Å². The molecule has 11 heteroatoms. The van der Waals surface area contributed by atoms with E-state index in [0.29, 0.717) is 22.6 Å². The van der Waals surface area contributed by atoms with Gasteiger partial charge in [-0.2, -0.15) is 0 Å². The van der Waals surface area contributed by atoms with Crippen molar-refractivity contribution in [2.24, 2.45) is 0 Å². The van der Waals surface area contributed by atoms with E-state index in [2.05, 4.69) is 10.0 Å². The molecule has 1 atom stereocenters. The van der Waals surface area contributed by atoms with Crippen LogP contribution in [0.4, 0.5) is 17.1 Å². The second-order valence-electron chi connectivity index (χ2n) is 9.33. The molecule has 0 spiro atoms. The average Bonchev–Trinajstić information content (AvgIpc) is 2.94. The van der Waals surface area contributed by atoms with E-state index < -0.39 is 32.1 Å². The van der Waals surface area contributed by atoms with Crippen molar-refractivity contribution in [1.82, 2.24) is 0 Å². The van der Waals surface area contributed by atoms with E-state index in [1.54, 1.807) is 72.8 Å². The molecule has 0 aromatic heterocycles. The highest BCUT2D eigenvalue weighted by molar-refractivity contribution is 7.92. The summed E-state index contributed by atoms with van der Waals surface area (Å²) in [6.07, 6.45) is -1.13. The molecule has 1 aliphatic heterocycles. The van der Waals surface area contributed by atoms with Gasteiger partial charge in [-0.15, -0.1) is 0 Å². The van der Waals surface area contributed by atoms with E-state index in [1.807, 2.05) is 13.0 Å². The fourth-order valence-corrected chi connectivity index (χ4v) is 6.88. The molecule has 1 amide bonds. The summed E-state index contributed by atoms with van der Waals surface area (Å²) >= 11 is 0. The van der Waals surface area contributed by atoms with Gasteiger partial charge >= 0.3 is 0 Å². The van der Waals surface area contributed by atoms with Gasteiger partial charge < -0.3 is 10.1 Å². The molecule has 0 fully saturated rings. The number of anilines is 3. The SMILES string of the molecule is Cc1ccc(NS(=O)(=O)c2ccc(NC(=O)[C@@H]3CN(S(=O)(=O)Cc4ccccc4)c4ccccc4O3)cc2)cc1. The predicted molar refractivity (Wildman–Crippen MR) is 154 cm³/mol. The lowest BCUT2D eigenvalue weighted by Crippen LogP contribution is -2.49. The van der Waals surface area contributed by atoms with Crippen molar-refractivity contribution in [1.29, 1.82) is 0 Å². The minimum absolute atomic E-state index is 0.0205. The van der Waals surface area contributed by atoms with Gasteiger partial charge in [0, 0.05) is 11.4 Å². The molecular weight excluding hydrogens is 550 g/mol. The number of nitrogens with zero attached hydrogens (tertiary/aromatic N) is 1. The van der Waals surface area contributed by atoms with Gasteiger partial charge in [-0.1, -0.05) is 60.2 Å². The maximum absolute atomic E-state index is 13.4. The van der Waals surface area contributed by atoms with E-state index in [4.69, 9.17) is 4.74 Å². The lowest BCUT2D eigenvalue weighted by atomic mass is 10.2. The van der Waals surface area contributed by atoms with Crippen LogP contribution in [0.15, 0.2) is 108 Å². The third-order valence-corrected chi connectivity index (χ3v) is 9.40. The molecule has 0 bridgehead atoms. The van der Waals surface area contributed by atoms with Crippen molar-refractivity contribution in [3.63, 3.8) is 0 Å². The van der Waals surface area contributed by atoms with Crippen LogP contribution in [0.3, 0.4) is 0 Å². The van der Waals surface area contributed by atoms with Gasteiger partial charge in [0.05, 0.1) is 22.9 Å². The number of carbonyl (C=O) groups excluding carboxylic acids is 1. The lowest BCUT2D eigenvalue weighted by Gasteiger charge is -2.34. The fourth-order valence-electron chi connectivity index (χ4n) is 4.24. The van der Waals surface area contributed by atoms with Crippen molar-refractivity contribution < 1.29 is 26.4 Å². The molecule has 0 saturated carbocycles. The summed E-state index contributed by atoms with van der Waals surface area (Å²) in [5.41, 5.74) is 2.76. The Bertz CT molecular complexity index is 1730. The molecule has 0 saturated heterocycles. The van der Waals surface area contributed by atoms with Crippen molar-refractivity contribution in [3.05, 3.63) is 114 Å². The van der Waals surface area contributed by atoms with Gasteiger partial charge in [-0.05, 0) is 61.0 Å². The third-order valence-electron chi connectivity index (χ3n) is 6.29. The molecule has 0 unspecified atom stereocenters. The summed E-state index contributed by atoms with van der Waals surface area (Å²) in [7, 11) is -7.68. The monoisotopic (exact) mass is 577 g/mol. The first kappa shape index (κ1) is 27.2. The lowest BCUT2D eigenvalue weighted by molar-refractivity contribution is -0.122. The number of fused-ring (bicyclic) bond motifs is 1. The molecule has 4 aromatic rings. The normalized spacial score (nSPS) is 15.0. The van der Waals surface area contributed by atoms with Crippen molar-refractivity contribution in [3.8, 4) is 5.75 Å². The number of hydrogen-bond donors (Lipinski definition) is 2. The first-order valence-electron chi connectivity index (χ1n) is 12.4. The fraction of sp³-hybridized carbons (Fsp3) is 0.138. The molecule has 0 radical (unpaired) electrons. The van der Waals surface area contributed by atoms with E-state index in [-0.39, 0.29) is 22.9 Å². The highest BCUT2D eigenvalue weighted by Crippen LogP contribution is 2.36. The minimum Gasteiger partial charge on any atom is -0.476 e. The standard InChI is InChI=1S/C29H27N3O6S2/c1-21-11-13-24(14-12-21)31-40(36,37)25-17-15-23(16-18-25)30-29(33)28-19-32(26-9-5-6-10-27(26)38-28)39(34,35)20-22-7-3-2-4-8-22/h2-18,28,31H,19-20H2,1H3,(H,30,33)/t28-/m0/s1. The Balaban J connectivity index is 1.31. The van der Waals surface area contributed by atoms with Gasteiger partial charge in [0.2, 0.25) is 10.0 Å². The number of nitrogens with one attached hydrogen (secondary N) is 2. The Labute approximate surface area is 233 Å². The summed E-state index contributed by atoms with van der Waals surface area (Å²) in [6.45, 7) is 1.69. The highest BCUT2D eigenvalue weighted by Gasteiger charge is 2.36. The number of sulfonamides is 2. The van der Waals surface area contributed by atoms with Crippen LogP contribution in [-0.2, 0) is 30.6 Å². The number of aryl methyl sites for hydroxylation is 1. The molecule has 0 aliphatic carbocycles. The largest absolute Gasteiger partial charge is 0.476 e. The number of amides is 1. The Morgan fingerprint density at radius 1 is 0.825 bits per heavy atom. The number of benzene rings is 4. The Morgan fingerprint density at radius 3 is 2.15 bits per heavy atom. The van der Waals surface area contributed by atoms with E-state index in [9.17, 15) is 21.6 Å². The molecule has 2 N–H and O–H groups in total. The molecule has 40 heavy (non-hydrogen) atoms. The predicted octanol–water partition coefficient (Wildman–Crippen LogP) is 4.53. The van der Waals surface area contributed by atoms with Crippen LogP contribution in [0.1, 0.15) is 11.1 Å². The van der Waals surface area contributed by atoms with Crippen molar-refractivity contribution in [2.75, 3.05) is 20.9 Å². The second-order valence-corrected chi connectivity index (χ2v) is 12.9. The molecule has 4 aromatic carbocycles. The summed E-state index contributed by atoms with van der Waals surface area (Å²) in [6, 6.07) is 28.1. The van der Waals surface area contributed by atoms with Crippen molar-refractivity contribution >= 4 is 43.0 Å². The molecule has 1 aliphatic rings. The van der Waals surface area contributed by atoms with E-state index in [0.717, 1.165) is 5.56 Å². The van der Waals surface area contributed by atoms with Crippen LogP contribution < -0.4 is 19.1 Å². The number of hydrogen-bond acceptors (Lipinski definition) is 6. The number of para-hydroxylation sites is 2. The summed E-state index contributed by atoms with van der Waals surface area (Å²) in [5.74, 6) is -0.528. The maximum Gasteiger partial charge on any atom is 0.267 e. The molecule has 9 nitrogen and oxygen atoms in total. The third kappa shape index (κ3) is 6.11. The van der Waals surface area contributed by atoms with Gasteiger partial charge in [-0.3, -0.25) is 13.8 Å². The zero-order chi connectivity index (χ0) is 28.3. The van der Waals surface area contributed by atoms with Crippen LogP contribution in [-0.4, -0.2) is 35.4 Å².